The van der Waals surface area contributed by atoms with Crippen LogP contribution in [0.1, 0.15) is 19.2 Å². The Bertz CT molecular complexity index is 854. The molecular formula is C20H21ClFN3O2. The first-order valence-corrected chi connectivity index (χ1v) is 9.21. The van der Waals surface area contributed by atoms with Crippen LogP contribution in [0.15, 0.2) is 52.9 Å². The normalized spacial score (nSPS) is 11.1. The molecule has 0 unspecified atom stereocenters. The van der Waals surface area contributed by atoms with E-state index in [0.29, 0.717) is 42.2 Å². The van der Waals surface area contributed by atoms with Gasteiger partial charge >= 0.3 is 0 Å². The van der Waals surface area contributed by atoms with E-state index in [2.05, 4.69) is 22.0 Å². The Labute approximate surface area is 162 Å². The molecule has 1 aromatic heterocycles. The molecule has 142 valence electrons. The topological polar surface area (TPSA) is 51.4 Å². The van der Waals surface area contributed by atoms with Crippen molar-refractivity contribution < 1.29 is 13.5 Å². The highest BCUT2D eigenvalue weighted by Crippen LogP contribution is 2.26. The summed E-state index contributed by atoms with van der Waals surface area (Å²) in [7, 11) is 0. The van der Waals surface area contributed by atoms with E-state index in [1.54, 1.807) is 18.2 Å². The average molecular weight is 390 g/mol. The molecule has 0 aliphatic heterocycles. The third kappa shape index (κ3) is 5.52. The quantitative estimate of drug-likeness (QED) is 0.525. The van der Waals surface area contributed by atoms with Gasteiger partial charge in [-0.25, -0.2) is 4.39 Å². The fourth-order valence-electron chi connectivity index (χ4n) is 2.66. The van der Waals surface area contributed by atoms with Gasteiger partial charge in [-0.1, -0.05) is 30.7 Å². The predicted molar refractivity (Wildman–Crippen MR) is 102 cm³/mol. The molecule has 0 fully saturated rings. The highest BCUT2D eigenvalue weighted by Gasteiger charge is 2.14. The Morgan fingerprint density at radius 3 is 2.59 bits per heavy atom. The molecule has 0 atom stereocenters. The largest absolute Gasteiger partial charge is 0.492 e. The lowest BCUT2D eigenvalue weighted by atomic mass is 10.2. The maximum atomic E-state index is 12.9. The zero-order valence-electron chi connectivity index (χ0n) is 15.1. The molecule has 7 heteroatoms. The van der Waals surface area contributed by atoms with Crippen molar-refractivity contribution in [1.29, 1.82) is 0 Å². The van der Waals surface area contributed by atoms with Crippen molar-refractivity contribution in [3.63, 3.8) is 0 Å². The molecule has 5 nitrogen and oxygen atoms in total. The average Bonchev–Trinajstić information content (AvgIpc) is 3.12. The minimum absolute atomic E-state index is 0.277. The minimum Gasteiger partial charge on any atom is -0.492 e. The van der Waals surface area contributed by atoms with Crippen molar-refractivity contribution >= 4 is 11.6 Å². The Hall–Kier alpha value is -2.44. The number of hydrogen-bond donors (Lipinski definition) is 0. The lowest BCUT2D eigenvalue weighted by molar-refractivity contribution is 0.190. The van der Waals surface area contributed by atoms with Crippen LogP contribution in [-0.4, -0.2) is 34.8 Å². The Balaban J connectivity index is 1.57. The van der Waals surface area contributed by atoms with Crippen LogP contribution in [0.4, 0.5) is 4.39 Å². The molecule has 0 aliphatic carbocycles. The fourth-order valence-corrected chi connectivity index (χ4v) is 2.88. The first-order valence-electron chi connectivity index (χ1n) is 8.83. The van der Waals surface area contributed by atoms with Crippen LogP contribution >= 0.6 is 11.6 Å². The fraction of sp³-hybridized carbons (Fsp3) is 0.300. The highest BCUT2D eigenvalue weighted by molar-refractivity contribution is 6.33. The zero-order chi connectivity index (χ0) is 19.1. The molecule has 27 heavy (non-hydrogen) atoms. The molecule has 0 saturated carbocycles. The molecule has 0 aliphatic rings. The molecule has 3 aromatic rings. The van der Waals surface area contributed by atoms with Crippen LogP contribution in [0, 0.1) is 5.82 Å². The van der Waals surface area contributed by atoms with Gasteiger partial charge in [0.05, 0.1) is 17.1 Å². The Kier molecular flexibility index (Phi) is 6.79. The standard InChI is InChI=1S/C20H21ClFN3O2/c1-2-11-25(12-13-26-16-9-7-15(22)8-10-16)14-19-23-24-20(27-19)17-5-3-4-6-18(17)21/h3-10H,2,11-14H2,1H3. The van der Waals surface area contributed by atoms with Crippen LogP contribution in [-0.2, 0) is 6.54 Å². The van der Waals surface area contributed by atoms with Crippen LogP contribution in [0.5, 0.6) is 5.75 Å². The molecule has 0 N–H and O–H groups in total. The summed E-state index contributed by atoms with van der Waals surface area (Å²) in [6, 6.07) is 13.4. The summed E-state index contributed by atoms with van der Waals surface area (Å²) in [5.74, 6) is 1.31. The lowest BCUT2D eigenvalue weighted by Gasteiger charge is -2.19. The molecule has 0 amide bonds. The summed E-state index contributed by atoms with van der Waals surface area (Å²) in [6.07, 6.45) is 0.988. The zero-order valence-corrected chi connectivity index (χ0v) is 15.8. The Morgan fingerprint density at radius 2 is 1.85 bits per heavy atom. The van der Waals surface area contributed by atoms with Crippen molar-refractivity contribution in [3.05, 3.63) is 65.3 Å². The first-order chi connectivity index (χ1) is 13.2. The molecule has 3 rings (SSSR count). The monoisotopic (exact) mass is 389 g/mol. The molecular weight excluding hydrogens is 369 g/mol. The Morgan fingerprint density at radius 1 is 1.07 bits per heavy atom. The summed E-state index contributed by atoms with van der Waals surface area (Å²) < 4.78 is 24.4. The maximum absolute atomic E-state index is 12.9. The first kappa shape index (κ1) is 19.3. The van der Waals surface area contributed by atoms with Gasteiger partial charge in [0.2, 0.25) is 11.8 Å². The van der Waals surface area contributed by atoms with Crippen molar-refractivity contribution in [2.75, 3.05) is 19.7 Å². The second-order valence-electron chi connectivity index (χ2n) is 6.06. The van der Waals surface area contributed by atoms with Gasteiger partial charge in [0.15, 0.2) is 0 Å². The van der Waals surface area contributed by atoms with E-state index in [1.807, 2.05) is 18.2 Å². The van der Waals surface area contributed by atoms with Gasteiger partial charge in [0, 0.05) is 6.54 Å². The predicted octanol–water partition coefficient (Wildman–Crippen LogP) is 4.82. The number of ether oxygens (including phenoxy) is 1. The van der Waals surface area contributed by atoms with Gasteiger partial charge in [-0.3, -0.25) is 4.90 Å². The molecule has 0 radical (unpaired) electrons. The second kappa shape index (κ2) is 9.48. The molecule has 0 bridgehead atoms. The minimum atomic E-state index is -0.277. The van der Waals surface area contributed by atoms with Crippen LogP contribution < -0.4 is 4.74 Å². The number of benzene rings is 2. The summed E-state index contributed by atoms with van der Waals surface area (Å²) in [6.45, 7) is 4.68. The number of halogens is 2. The van der Waals surface area contributed by atoms with Crippen LogP contribution in [0.3, 0.4) is 0 Å². The molecule has 1 heterocycles. The van der Waals surface area contributed by atoms with Gasteiger partial charge in [0.1, 0.15) is 18.2 Å². The van der Waals surface area contributed by atoms with Gasteiger partial charge in [-0.05, 0) is 49.4 Å². The highest BCUT2D eigenvalue weighted by atomic mass is 35.5. The number of aromatic nitrogens is 2. The van der Waals surface area contributed by atoms with Crippen LogP contribution in [0.25, 0.3) is 11.5 Å². The van der Waals surface area contributed by atoms with Crippen molar-refractivity contribution in [2.45, 2.75) is 19.9 Å². The number of nitrogens with zero attached hydrogens (tertiary/aromatic N) is 3. The van der Waals surface area contributed by atoms with E-state index in [4.69, 9.17) is 20.8 Å². The molecule has 0 saturated heterocycles. The van der Waals surface area contributed by atoms with Gasteiger partial charge in [0.25, 0.3) is 0 Å². The summed E-state index contributed by atoms with van der Waals surface area (Å²) in [5, 5.41) is 8.81. The summed E-state index contributed by atoms with van der Waals surface area (Å²) >= 11 is 6.18. The third-order valence-electron chi connectivity index (χ3n) is 3.96. The maximum Gasteiger partial charge on any atom is 0.249 e. The van der Waals surface area contributed by atoms with Gasteiger partial charge in [-0.2, -0.15) is 0 Å². The van der Waals surface area contributed by atoms with E-state index in [0.717, 1.165) is 18.5 Å². The number of hydrogen-bond acceptors (Lipinski definition) is 5. The van der Waals surface area contributed by atoms with E-state index in [9.17, 15) is 4.39 Å². The van der Waals surface area contributed by atoms with Crippen molar-refractivity contribution in [1.82, 2.24) is 15.1 Å². The third-order valence-corrected chi connectivity index (χ3v) is 4.29. The van der Waals surface area contributed by atoms with E-state index in [-0.39, 0.29) is 5.82 Å². The molecule has 0 spiro atoms. The van der Waals surface area contributed by atoms with E-state index >= 15 is 0 Å². The van der Waals surface area contributed by atoms with Gasteiger partial charge < -0.3 is 9.15 Å². The molecule has 2 aromatic carbocycles. The van der Waals surface area contributed by atoms with Crippen molar-refractivity contribution in [2.24, 2.45) is 0 Å². The summed E-state index contributed by atoms with van der Waals surface area (Å²) in [5.41, 5.74) is 0.722. The van der Waals surface area contributed by atoms with Gasteiger partial charge in [-0.15, -0.1) is 10.2 Å². The van der Waals surface area contributed by atoms with E-state index < -0.39 is 0 Å². The summed E-state index contributed by atoms with van der Waals surface area (Å²) in [4.78, 5) is 2.17. The van der Waals surface area contributed by atoms with Crippen LogP contribution in [0.2, 0.25) is 5.02 Å². The van der Waals surface area contributed by atoms with E-state index in [1.165, 1.54) is 12.1 Å². The smallest absolute Gasteiger partial charge is 0.249 e. The second-order valence-corrected chi connectivity index (χ2v) is 6.47. The SMILES string of the molecule is CCCN(CCOc1ccc(F)cc1)Cc1nnc(-c2ccccc2Cl)o1. The lowest BCUT2D eigenvalue weighted by Crippen LogP contribution is -2.29. The number of rotatable bonds is 9. The van der Waals surface area contributed by atoms with Crippen molar-refractivity contribution in [3.8, 4) is 17.2 Å².